The molecule has 0 aliphatic rings. The van der Waals surface area contributed by atoms with Crippen LogP contribution in [0.5, 0.6) is 0 Å². The van der Waals surface area contributed by atoms with Gasteiger partial charge in [0.1, 0.15) is 5.52 Å². The van der Waals surface area contributed by atoms with Crippen LogP contribution in [0, 0.1) is 15.3 Å². The van der Waals surface area contributed by atoms with E-state index in [9.17, 15) is 15.3 Å². The summed E-state index contributed by atoms with van der Waals surface area (Å²) in [5.74, 6) is 0. The van der Waals surface area contributed by atoms with Crippen LogP contribution in [0.15, 0.2) is 42.5 Å². The predicted octanol–water partition coefficient (Wildman–Crippen LogP) is 1.93. The lowest BCUT2D eigenvalue weighted by Gasteiger charge is -2.04. The molecule has 0 N–H and O–H groups in total. The zero-order valence-corrected chi connectivity index (χ0v) is 9.11. The van der Waals surface area contributed by atoms with Crippen molar-refractivity contribution in [2.24, 2.45) is 0 Å². The van der Waals surface area contributed by atoms with E-state index in [1.165, 1.54) is 18.2 Å². The van der Waals surface area contributed by atoms with Gasteiger partial charge in [-0.3, -0.25) is 10.1 Å². The largest absolute Gasteiger partial charge is 0.618 e. The summed E-state index contributed by atoms with van der Waals surface area (Å²) in [6, 6.07) is 11.1. The normalized spacial score (nSPS) is 10.9. The van der Waals surface area contributed by atoms with E-state index >= 15 is 0 Å². The number of hydrogen-bond donors (Lipinski definition) is 0. The van der Waals surface area contributed by atoms with E-state index in [1.54, 1.807) is 24.3 Å². The molecule has 6 nitrogen and oxygen atoms in total. The molecular formula is C12H7N3O3. The number of nitro groups is 1. The molecule has 1 aromatic heterocycles. The fourth-order valence-electron chi connectivity index (χ4n) is 1.93. The summed E-state index contributed by atoms with van der Waals surface area (Å²) in [5.41, 5.74) is 0.974. The molecule has 18 heavy (non-hydrogen) atoms. The Morgan fingerprint density at radius 1 is 1.06 bits per heavy atom. The maximum Gasteiger partial charge on any atom is 0.301 e. The maximum absolute atomic E-state index is 12.1. The van der Waals surface area contributed by atoms with E-state index in [1.807, 2.05) is 0 Å². The highest BCUT2D eigenvalue weighted by atomic mass is 16.6. The number of hydrogen-bond acceptors (Lipinski definition) is 4. The molecule has 88 valence electrons. The van der Waals surface area contributed by atoms with Gasteiger partial charge < -0.3 is 5.21 Å². The van der Waals surface area contributed by atoms with Gasteiger partial charge in [0.25, 0.3) is 0 Å². The third-order valence-corrected chi connectivity index (χ3v) is 2.74. The van der Waals surface area contributed by atoms with Crippen molar-refractivity contribution in [3.63, 3.8) is 0 Å². The molecule has 0 radical (unpaired) electrons. The second-order valence-electron chi connectivity index (χ2n) is 3.80. The molecule has 1 heterocycles. The first-order valence-corrected chi connectivity index (χ1v) is 5.24. The number of para-hydroxylation sites is 3. The first-order chi connectivity index (χ1) is 8.68. The number of nitrogens with zero attached hydrogens (tertiary/aromatic N) is 3. The summed E-state index contributed by atoms with van der Waals surface area (Å²) in [5, 5.41) is 23.0. The van der Waals surface area contributed by atoms with E-state index in [4.69, 9.17) is 0 Å². The van der Waals surface area contributed by atoms with Gasteiger partial charge in [-0.2, -0.15) is 4.73 Å². The zero-order valence-electron chi connectivity index (χ0n) is 9.11. The van der Waals surface area contributed by atoms with Crippen molar-refractivity contribution in [1.29, 1.82) is 0 Å². The molecule has 0 aliphatic heterocycles. The Labute approximate surface area is 101 Å². The Balaban J connectivity index is 2.55. The molecular weight excluding hydrogens is 234 g/mol. The topological polar surface area (TPSA) is 83.0 Å². The Bertz CT molecular complexity index is 786. The SMILES string of the molecule is O=[N+]([O-])c1cccc2c1nc1ccccc1[n+]2[O-]. The summed E-state index contributed by atoms with van der Waals surface area (Å²) < 4.78 is 0.671. The fourth-order valence-corrected chi connectivity index (χ4v) is 1.93. The minimum atomic E-state index is -0.538. The maximum atomic E-state index is 12.1. The third kappa shape index (κ3) is 1.36. The van der Waals surface area contributed by atoms with Crippen LogP contribution in [-0.4, -0.2) is 9.91 Å². The van der Waals surface area contributed by atoms with E-state index in [0.717, 1.165) is 0 Å². The lowest BCUT2D eigenvalue weighted by molar-refractivity contribution is -0.548. The molecule has 2 aromatic carbocycles. The first-order valence-electron chi connectivity index (χ1n) is 5.24. The van der Waals surface area contributed by atoms with E-state index in [0.29, 0.717) is 15.8 Å². The summed E-state index contributed by atoms with van der Waals surface area (Å²) in [6.45, 7) is 0. The quantitative estimate of drug-likeness (QED) is 0.214. The lowest BCUT2D eigenvalue weighted by Crippen LogP contribution is -2.28. The van der Waals surface area contributed by atoms with Crippen LogP contribution in [0.3, 0.4) is 0 Å². The molecule has 0 bridgehead atoms. The van der Waals surface area contributed by atoms with Gasteiger partial charge >= 0.3 is 5.69 Å². The summed E-state index contributed by atoms with van der Waals surface area (Å²) >= 11 is 0. The van der Waals surface area contributed by atoms with Crippen molar-refractivity contribution in [3.8, 4) is 0 Å². The van der Waals surface area contributed by atoms with Crippen molar-refractivity contribution >= 4 is 27.8 Å². The van der Waals surface area contributed by atoms with Crippen molar-refractivity contribution < 1.29 is 9.65 Å². The Morgan fingerprint density at radius 2 is 1.78 bits per heavy atom. The molecule has 0 aliphatic carbocycles. The Hall–Kier alpha value is -2.76. The average Bonchev–Trinajstić information content (AvgIpc) is 2.38. The van der Waals surface area contributed by atoms with Crippen LogP contribution in [0.25, 0.3) is 22.1 Å². The van der Waals surface area contributed by atoms with Gasteiger partial charge in [-0.1, -0.05) is 12.1 Å². The average molecular weight is 241 g/mol. The monoisotopic (exact) mass is 241 g/mol. The lowest BCUT2D eigenvalue weighted by atomic mass is 10.2. The molecule has 3 aromatic rings. The van der Waals surface area contributed by atoms with Gasteiger partial charge in [0, 0.05) is 18.2 Å². The minimum Gasteiger partial charge on any atom is -0.618 e. The number of fused-ring (bicyclic) bond motifs is 2. The van der Waals surface area contributed by atoms with Gasteiger partial charge in [0.2, 0.25) is 16.6 Å². The van der Waals surface area contributed by atoms with Crippen molar-refractivity contribution in [2.75, 3.05) is 0 Å². The predicted molar refractivity (Wildman–Crippen MR) is 64.9 cm³/mol. The molecule has 0 amide bonds. The van der Waals surface area contributed by atoms with Gasteiger partial charge in [0.05, 0.1) is 4.92 Å². The van der Waals surface area contributed by atoms with Crippen molar-refractivity contribution in [2.45, 2.75) is 0 Å². The molecule has 6 heteroatoms. The number of non-ortho nitro benzene ring substituents is 1. The van der Waals surface area contributed by atoms with Crippen LogP contribution in [0.1, 0.15) is 0 Å². The summed E-state index contributed by atoms with van der Waals surface area (Å²) in [7, 11) is 0. The third-order valence-electron chi connectivity index (χ3n) is 2.74. The smallest absolute Gasteiger partial charge is 0.301 e. The molecule has 0 fully saturated rings. The molecule has 0 saturated carbocycles. The zero-order chi connectivity index (χ0) is 12.7. The second kappa shape index (κ2) is 3.63. The van der Waals surface area contributed by atoms with Crippen LogP contribution in [0.2, 0.25) is 0 Å². The van der Waals surface area contributed by atoms with Crippen LogP contribution in [0.4, 0.5) is 5.69 Å². The van der Waals surface area contributed by atoms with E-state index in [-0.39, 0.29) is 16.7 Å². The Morgan fingerprint density at radius 3 is 2.56 bits per heavy atom. The highest BCUT2D eigenvalue weighted by molar-refractivity contribution is 5.87. The highest BCUT2D eigenvalue weighted by Crippen LogP contribution is 2.23. The standard InChI is InChI=1S/C12H7N3O3/c16-14-9-5-2-1-4-8(9)13-12-10(14)6-3-7-11(12)15(17)18/h1-7H. The highest BCUT2D eigenvalue weighted by Gasteiger charge is 2.20. The van der Waals surface area contributed by atoms with Gasteiger partial charge in [-0.25, -0.2) is 4.98 Å². The van der Waals surface area contributed by atoms with Crippen LogP contribution >= 0.6 is 0 Å². The van der Waals surface area contributed by atoms with Gasteiger partial charge in [0.15, 0.2) is 0 Å². The molecule has 0 saturated heterocycles. The van der Waals surface area contributed by atoms with E-state index < -0.39 is 4.92 Å². The molecule has 0 atom stereocenters. The van der Waals surface area contributed by atoms with E-state index in [2.05, 4.69) is 4.98 Å². The summed E-state index contributed by atoms with van der Waals surface area (Å²) in [6.07, 6.45) is 0. The van der Waals surface area contributed by atoms with Crippen LogP contribution in [-0.2, 0) is 0 Å². The fraction of sp³-hybridized carbons (Fsp3) is 0. The number of rotatable bonds is 1. The van der Waals surface area contributed by atoms with Crippen molar-refractivity contribution in [1.82, 2.24) is 4.98 Å². The molecule has 0 spiro atoms. The number of aromatic nitrogens is 2. The second-order valence-corrected chi connectivity index (χ2v) is 3.80. The molecule has 0 unspecified atom stereocenters. The van der Waals surface area contributed by atoms with Gasteiger partial charge in [-0.05, 0) is 12.1 Å². The summed E-state index contributed by atoms with van der Waals surface area (Å²) in [4.78, 5) is 14.6. The van der Waals surface area contributed by atoms with Crippen LogP contribution < -0.4 is 4.73 Å². The minimum absolute atomic E-state index is 0.108. The molecule has 3 rings (SSSR count). The number of benzene rings is 2. The van der Waals surface area contributed by atoms with Crippen molar-refractivity contribution in [3.05, 3.63) is 57.8 Å². The number of nitro benzene ring substituents is 1. The first kappa shape index (κ1) is 10.4. The van der Waals surface area contributed by atoms with Gasteiger partial charge in [-0.15, -0.1) is 0 Å². The Kier molecular flexibility index (Phi) is 2.09.